The third-order valence-electron chi connectivity index (χ3n) is 5.24. The molecule has 0 saturated carbocycles. The minimum absolute atomic E-state index is 0.0370. The van der Waals surface area contributed by atoms with Gasteiger partial charge in [0, 0.05) is 43.1 Å². The highest BCUT2D eigenvalue weighted by Crippen LogP contribution is 2.17. The van der Waals surface area contributed by atoms with Crippen LogP contribution in [0.1, 0.15) is 28.8 Å². The Labute approximate surface area is 171 Å². The molecule has 148 valence electrons. The van der Waals surface area contributed by atoms with Gasteiger partial charge in [-0.2, -0.15) is 0 Å². The summed E-state index contributed by atoms with van der Waals surface area (Å²) in [7, 11) is 0. The van der Waals surface area contributed by atoms with Gasteiger partial charge in [0.15, 0.2) is 0 Å². The zero-order valence-electron chi connectivity index (χ0n) is 16.4. The van der Waals surface area contributed by atoms with Crippen LogP contribution in [0.2, 0.25) is 0 Å². The predicted octanol–water partition coefficient (Wildman–Crippen LogP) is 4.22. The quantitative estimate of drug-likeness (QED) is 0.666. The van der Waals surface area contributed by atoms with Crippen LogP contribution in [-0.2, 0) is 6.54 Å². The first-order valence-electron chi connectivity index (χ1n) is 10.1. The Kier molecular flexibility index (Phi) is 6.17. The van der Waals surface area contributed by atoms with Crippen molar-refractivity contribution in [2.45, 2.75) is 25.4 Å². The Bertz CT molecular complexity index is 922. The van der Waals surface area contributed by atoms with Crippen molar-refractivity contribution < 1.29 is 4.79 Å². The van der Waals surface area contributed by atoms with Gasteiger partial charge in [-0.15, -0.1) is 0 Å². The molecular weight excluding hydrogens is 360 g/mol. The Morgan fingerprint density at radius 3 is 2.38 bits per heavy atom. The number of para-hydroxylation sites is 1. The molecule has 1 amide bonds. The number of carbonyl (C=O) groups is 1. The summed E-state index contributed by atoms with van der Waals surface area (Å²) < 4.78 is 0. The maximum Gasteiger partial charge on any atom is 0.251 e. The highest BCUT2D eigenvalue weighted by Gasteiger charge is 2.21. The second-order valence-corrected chi connectivity index (χ2v) is 7.43. The van der Waals surface area contributed by atoms with Crippen LogP contribution < -0.4 is 10.6 Å². The summed E-state index contributed by atoms with van der Waals surface area (Å²) in [5, 5.41) is 6.42. The van der Waals surface area contributed by atoms with Crippen LogP contribution in [0, 0.1) is 0 Å². The number of likely N-dealkylation sites (tertiary alicyclic amines) is 1. The van der Waals surface area contributed by atoms with Crippen LogP contribution in [-0.4, -0.2) is 34.9 Å². The van der Waals surface area contributed by atoms with Crippen molar-refractivity contribution in [1.29, 1.82) is 0 Å². The van der Waals surface area contributed by atoms with E-state index in [9.17, 15) is 4.79 Å². The molecule has 1 aromatic heterocycles. The highest BCUT2D eigenvalue weighted by molar-refractivity contribution is 5.95. The van der Waals surface area contributed by atoms with Gasteiger partial charge in [0.1, 0.15) is 5.82 Å². The fourth-order valence-corrected chi connectivity index (χ4v) is 3.66. The third kappa shape index (κ3) is 5.42. The molecule has 1 aliphatic heterocycles. The van der Waals surface area contributed by atoms with E-state index >= 15 is 0 Å². The largest absolute Gasteiger partial charge is 0.349 e. The van der Waals surface area contributed by atoms with Gasteiger partial charge in [-0.1, -0.05) is 48.5 Å². The smallest absolute Gasteiger partial charge is 0.251 e. The monoisotopic (exact) mass is 386 g/mol. The topological polar surface area (TPSA) is 57.3 Å². The second-order valence-electron chi connectivity index (χ2n) is 7.43. The lowest BCUT2D eigenvalue weighted by molar-refractivity contribution is 0.0909. The molecule has 1 saturated heterocycles. The van der Waals surface area contributed by atoms with Gasteiger partial charge in [0.05, 0.1) is 0 Å². The Balaban J connectivity index is 1.29. The molecule has 1 fully saturated rings. The predicted molar refractivity (Wildman–Crippen MR) is 116 cm³/mol. The van der Waals surface area contributed by atoms with Crippen LogP contribution in [0.15, 0.2) is 79.0 Å². The maximum atomic E-state index is 12.7. The molecule has 0 spiro atoms. The summed E-state index contributed by atoms with van der Waals surface area (Å²) in [6, 6.07) is 24.1. The fraction of sp³-hybridized carbons (Fsp3) is 0.250. The number of benzene rings is 2. The standard InChI is InChI=1S/C24H26N4O/c29-24(20-11-14-25-23(17-20)26-21-9-5-2-6-10-21)27-22-12-15-28(16-13-22)18-19-7-3-1-4-8-19/h1-11,14,17,22H,12-13,15-16,18H2,(H,25,26)(H,27,29). The Morgan fingerprint density at radius 2 is 1.66 bits per heavy atom. The molecule has 3 aromatic rings. The number of nitrogens with one attached hydrogen (secondary N) is 2. The summed E-state index contributed by atoms with van der Waals surface area (Å²) in [6.45, 7) is 2.97. The first kappa shape index (κ1) is 19.2. The first-order chi connectivity index (χ1) is 14.3. The lowest BCUT2D eigenvalue weighted by Crippen LogP contribution is -2.44. The van der Waals surface area contributed by atoms with E-state index in [1.54, 1.807) is 18.3 Å². The molecule has 0 aliphatic carbocycles. The summed E-state index contributed by atoms with van der Waals surface area (Å²) in [4.78, 5) is 19.5. The van der Waals surface area contributed by atoms with Gasteiger partial charge in [-0.3, -0.25) is 9.69 Å². The number of hydrogen-bond acceptors (Lipinski definition) is 4. The average Bonchev–Trinajstić information content (AvgIpc) is 2.77. The second kappa shape index (κ2) is 9.34. The Hall–Kier alpha value is -3.18. The van der Waals surface area contributed by atoms with Gasteiger partial charge in [-0.05, 0) is 42.7 Å². The highest BCUT2D eigenvalue weighted by atomic mass is 16.1. The van der Waals surface area contributed by atoms with Crippen molar-refractivity contribution in [1.82, 2.24) is 15.2 Å². The van der Waals surface area contributed by atoms with E-state index in [0.717, 1.165) is 38.2 Å². The van der Waals surface area contributed by atoms with E-state index in [1.165, 1.54) is 5.56 Å². The van der Waals surface area contributed by atoms with E-state index in [2.05, 4.69) is 44.8 Å². The summed E-state index contributed by atoms with van der Waals surface area (Å²) in [6.07, 6.45) is 3.61. The van der Waals surface area contributed by atoms with E-state index in [0.29, 0.717) is 11.4 Å². The molecule has 0 atom stereocenters. The normalized spacial score (nSPS) is 15.0. The number of rotatable bonds is 6. The molecule has 4 rings (SSSR count). The summed E-state index contributed by atoms with van der Waals surface area (Å²) in [5.41, 5.74) is 2.92. The van der Waals surface area contributed by atoms with Gasteiger partial charge >= 0.3 is 0 Å². The van der Waals surface area contributed by atoms with Gasteiger partial charge in [0.2, 0.25) is 0 Å². The molecule has 1 aliphatic rings. The van der Waals surface area contributed by atoms with Crippen molar-refractivity contribution >= 4 is 17.4 Å². The fourth-order valence-electron chi connectivity index (χ4n) is 3.66. The lowest BCUT2D eigenvalue weighted by atomic mass is 10.0. The van der Waals surface area contributed by atoms with Crippen molar-refractivity contribution in [3.8, 4) is 0 Å². The molecular formula is C24H26N4O. The average molecular weight is 386 g/mol. The van der Waals surface area contributed by atoms with Gasteiger partial charge < -0.3 is 10.6 Å². The van der Waals surface area contributed by atoms with Crippen LogP contribution in [0.3, 0.4) is 0 Å². The summed E-state index contributed by atoms with van der Waals surface area (Å²) in [5.74, 6) is 0.631. The molecule has 0 bridgehead atoms. The SMILES string of the molecule is O=C(NC1CCN(Cc2ccccc2)CC1)c1ccnc(Nc2ccccc2)c1. The zero-order chi connectivity index (χ0) is 19.9. The zero-order valence-corrected chi connectivity index (χ0v) is 16.4. The lowest BCUT2D eigenvalue weighted by Gasteiger charge is -2.32. The number of piperidine rings is 1. The number of carbonyl (C=O) groups excluding carboxylic acids is 1. The minimum atomic E-state index is -0.0370. The van der Waals surface area contributed by atoms with E-state index in [1.807, 2.05) is 36.4 Å². The van der Waals surface area contributed by atoms with Crippen LogP contribution in [0.5, 0.6) is 0 Å². The van der Waals surface area contributed by atoms with Crippen LogP contribution in [0.4, 0.5) is 11.5 Å². The molecule has 29 heavy (non-hydrogen) atoms. The van der Waals surface area contributed by atoms with Crippen molar-refractivity contribution in [3.63, 3.8) is 0 Å². The summed E-state index contributed by atoms with van der Waals surface area (Å²) >= 11 is 0. The number of anilines is 2. The molecule has 2 N–H and O–H groups in total. The number of aromatic nitrogens is 1. The number of nitrogens with zero attached hydrogens (tertiary/aromatic N) is 2. The van der Waals surface area contributed by atoms with Crippen LogP contribution >= 0.6 is 0 Å². The molecule has 2 aromatic carbocycles. The molecule has 5 heteroatoms. The third-order valence-corrected chi connectivity index (χ3v) is 5.24. The first-order valence-corrected chi connectivity index (χ1v) is 10.1. The van der Waals surface area contributed by atoms with Crippen molar-refractivity contribution in [3.05, 3.63) is 90.1 Å². The Morgan fingerprint density at radius 1 is 0.966 bits per heavy atom. The van der Waals surface area contributed by atoms with Gasteiger partial charge in [0.25, 0.3) is 5.91 Å². The number of amides is 1. The number of hydrogen-bond donors (Lipinski definition) is 2. The number of pyridine rings is 1. The van der Waals surface area contributed by atoms with Crippen LogP contribution in [0.25, 0.3) is 0 Å². The molecule has 0 unspecified atom stereocenters. The molecule has 5 nitrogen and oxygen atoms in total. The maximum absolute atomic E-state index is 12.7. The van der Waals surface area contributed by atoms with E-state index in [-0.39, 0.29) is 11.9 Å². The molecule has 2 heterocycles. The van der Waals surface area contributed by atoms with Gasteiger partial charge in [-0.25, -0.2) is 4.98 Å². The molecule has 0 radical (unpaired) electrons. The van der Waals surface area contributed by atoms with E-state index < -0.39 is 0 Å². The van der Waals surface area contributed by atoms with Crippen molar-refractivity contribution in [2.24, 2.45) is 0 Å². The minimum Gasteiger partial charge on any atom is -0.349 e. The van der Waals surface area contributed by atoms with E-state index in [4.69, 9.17) is 0 Å². The van der Waals surface area contributed by atoms with Crippen molar-refractivity contribution in [2.75, 3.05) is 18.4 Å².